The Morgan fingerprint density at radius 1 is 1.19 bits per heavy atom. The number of benzene rings is 1. The summed E-state index contributed by atoms with van der Waals surface area (Å²) >= 11 is 0. The lowest BCUT2D eigenvalue weighted by atomic mass is 9.92. The topological polar surface area (TPSA) is 64.6 Å². The van der Waals surface area contributed by atoms with Crippen LogP contribution in [0.5, 0.6) is 0 Å². The van der Waals surface area contributed by atoms with Gasteiger partial charge in [0.05, 0.1) is 24.3 Å². The van der Waals surface area contributed by atoms with E-state index in [4.69, 9.17) is 4.74 Å². The molecule has 0 saturated carbocycles. The Balaban J connectivity index is 3.24. The van der Waals surface area contributed by atoms with E-state index in [2.05, 4.69) is 10.1 Å². The van der Waals surface area contributed by atoms with Gasteiger partial charge in [-0.15, -0.1) is 0 Å². The van der Waals surface area contributed by atoms with Gasteiger partial charge in [-0.2, -0.15) is 13.2 Å². The molecule has 1 atom stereocenters. The molecule has 0 spiro atoms. The van der Waals surface area contributed by atoms with Crippen molar-refractivity contribution in [3.8, 4) is 0 Å². The number of halogens is 3. The van der Waals surface area contributed by atoms with Gasteiger partial charge in [0.2, 0.25) is 0 Å². The second-order valence-corrected chi connectivity index (χ2v) is 6.88. The molecule has 0 aliphatic rings. The summed E-state index contributed by atoms with van der Waals surface area (Å²) in [7, 11) is 1.21. The molecule has 0 aliphatic carbocycles. The highest BCUT2D eigenvalue weighted by Gasteiger charge is 2.35. The van der Waals surface area contributed by atoms with Gasteiger partial charge in [0.25, 0.3) is 0 Å². The van der Waals surface area contributed by atoms with Gasteiger partial charge in [-0.1, -0.05) is 6.07 Å². The van der Waals surface area contributed by atoms with E-state index in [9.17, 15) is 22.8 Å². The molecule has 0 radical (unpaired) electrons. The fraction of sp³-hybridized carbons (Fsp3) is 0.556. The van der Waals surface area contributed by atoms with Crippen molar-refractivity contribution in [2.24, 2.45) is 0 Å². The molecule has 1 N–H and O–H groups in total. The highest BCUT2D eigenvalue weighted by Crippen LogP contribution is 2.39. The first-order valence-electron chi connectivity index (χ1n) is 8.02. The molecule has 1 unspecified atom stereocenters. The first kappa shape index (κ1) is 21.8. The molecule has 1 aromatic rings. The lowest BCUT2D eigenvalue weighted by molar-refractivity contribution is -0.152. The number of carbonyl (C=O) groups excluding carboxylic acids is 2. The van der Waals surface area contributed by atoms with Gasteiger partial charge >= 0.3 is 18.1 Å². The minimum Gasteiger partial charge on any atom is -0.469 e. The van der Waals surface area contributed by atoms with Crippen molar-refractivity contribution < 1.29 is 32.2 Å². The van der Waals surface area contributed by atoms with Crippen LogP contribution in [0.2, 0.25) is 0 Å². The number of hydrogen-bond acceptors (Lipinski definition) is 5. The zero-order chi connectivity index (χ0) is 20.3. The number of alkyl halides is 3. The van der Waals surface area contributed by atoms with Crippen molar-refractivity contribution in [3.63, 3.8) is 0 Å². The molecule has 5 nitrogen and oxygen atoms in total. The molecule has 0 fully saturated rings. The van der Waals surface area contributed by atoms with Crippen LogP contribution in [0.1, 0.15) is 50.3 Å². The zero-order valence-electron chi connectivity index (χ0n) is 15.7. The number of esters is 2. The fourth-order valence-electron chi connectivity index (χ4n) is 2.50. The molecule has 1 aromatic carbocycles. The van der Waals surface area contributed by atoms with Gasteiger partial charge in [0.1, 0.15) is 12.1 Å². The van der Waals surface area contributed by atoms with Crippen LogP contribution in [-0.2, 0) is 25.2 Å². The normalized spacial score (nSPS) is 13.1. The first-order chi connectivity index (χ1) is 11.8. The molecule has 0 heterocycles. The van der Waals surface area contributed by atoms with E-state index >= 15 is 0 Å². The third-order valence-corrected chi connectivity index (χ3v) is 3.66. The number of hydrogen-bond donors (Lipinski definition) is 1. The Kier molecular flexibility index (Phi) is 6.68. The van der Waals surface area contributed by atoms with E-state index in [-0.39, 0.29) is 11.3 Å². The van der Waals surface area contributed by atoms with Crippen molar-refractivity contribution in [1.82, 2.24) is 0 Å². The second kappa shape index (κ2) is 7.97. The van der Waals surface area contributed by atoms with Gasteiger partial charge in [0, 0.05) is 0 Å². The van der Waals surface area contributed by atoms with Gasteiger partial charge in [-0.25, -0.2) is 0 Å². The van der Waals surface area contributed by atoms with Crippen LogP contribution in [0, 0.1) is 6.92 Å². The number of ether oxygens (including phenoxy) is 2. The molecular formula is C18H24F3NO4. The van der Waals surface area contributed by atoms with Crippen LogP contribution in [0.25, 0.3) is 0 Å². The van der Waals surface area contributed by atoms with Crippen molar-refractivity contribution in [1.29, 1.82) is 0 Å². The van der Waals surface area contributed by atoms with Crippen LogP contribution < -0.4 is 5.32 Å². The highest BCUT2D eigenvalue weighted by atomic mass is 19.4. The quantitative estimate of drug-likeness (QED) is 0.787. The number of methoxy groups -OCH3 is 1. The number of anilines is 1. The third kappa shape index (κ3) is 5.64. The van der Waals surface area contributed by atoms with Gasteiger partial charge in [-0.05, 0) is 51.8 Å². The van der Waals surface area contributed by atoms with Crippen LogP contribution in [0.3, 0.4) is 0 Å². The maximum atomic E-state index is 13.3. The standard InChI is InChI=1S/C18H24F3NO4/c1-10-12(11(2)16(24)25-6)7-8-13(18(19,20)21)15(10)22-9-14(23)26-17(3,4)5/h7-8,11,22H,9H2,1-6H3. The molecule has 0 amide bonds. The molecule has 8 heteroatoms. The largest absolute Gasteiger partial charge is 0.469 e. The Morgan fingerprint density at radius 2 is 1.77 bits per heavy atom. The second-order valence-electron chi connectivity index (χ2n) is 6.88. The summed E-state index contributed by atoms with van der Waals surface area (Å²) in [4.78, 5) is 23.6. The maximum Gasteiger partial charge on any atom is 0.418 e. The van der Waals surface area contributed by atoms with Crippen molar-refractivity contribution >= 4 is 17.6 Å². The van der Waals surface area contributed by atoms with Crippen molar-refractivity contribution in [2.75, 3.05) is 19.0 Å². The van der Waals surface area contributed by atoms with Crippen molar-refractivity contribution in [2.45, 2.75) is 52.3 Å². The number of nitrogens with one attached hydrogen (secondary N) is 1. The molecule has 0 aliphatic heterocycles. The van der Waals surface area contributed by atoms with E-state index in [1.165, 1.54) is 20.1 Å². The minimum atomic E-state index is -4.62. The van der Waals surface area contributed by atoms with Gasteiger partial charge < -0.3 is 14.8 Å². The lowest BCUT2D eigenvalue weighted by Gasteiger charge is -2.23. The first-order valence-corrected chi connectivity index (χ1v) is 8.02. The van der Waals surface area contributed by atoms with E-state index in [1.807, 2.05) is 0 Å². The smallest absolute Gasteiger partial charge is 0.418 e. The molecule has 0 bridgehead atoms. The van der Waals surface area contributed by atoms with E-state index in [1.54, 1.807) is 27.7 Å². The van der Waals surface area contributed by atoms with Crippen LogP contribution in [0.15, 0.2) is 12.1 Å². The van der Waals surface area contributed by atoms with Crippen LogP contribution in [-0.4, -0.2) is 31.2 Å². The molecule has 26 heavy (non-hydrogen) atoms. The van der Waals surface area contributed by atoms with Crippen molar-refractivity contribution in [3.05, 3.63) is 28.8 Å². The lowest BCUT2D eigenvalue weighted by Crippen LogP contribution is -2.29. The highest BCUT2D eigenvalue weighted by molar-refractivity contribution is 5.81. The summed E-state index contributed by atoms with van der Waals surface area (Å²) in [6.07, 6.45) is -4.62. The molecular weight excluding hydrogens is 351 g/mol. The monoisotopic (exact) mass is 375 g/mol. The van der Waals surface area contributed by atoms with E-state index in [0.29, 0.717) is 5.56 Å². The van der Waals surface area contributed by atoms with E-state index in [0.717, 1.165) is 6.07 Å². The number of carbonyl (C=O) groups is 2. The van der Waals surface area contributed by atoms with Crippen LogP contribution in [0.4, 0.5) is 18.9 Å². The number of rotatable bonds is 5. The third-order valence-electron chi connectivity index (χ3n) is 3.66. The Hall–Kier alpha value is -2.25. The zero-order valence-corrected chi connectivity index (χ0v) is 15.7. The minimum absolute atomic E-state index is 0.223. The summed E-state index contributed by atoms with van der Waals surface area (Å²) in [5.74, 6) is -1.99. The average molecular weight is 375 g/mol. The summed E-state index contributed by atoms with van der Waals surface area (Å²) in [6.45, 7) is 7.56. The summed E-state index contributed by atoms with van der Waals surface area (Å²) in [5.41, 5.74) is -1.31. The predicted molar refractivity (Wildman–Crippen MR) is 90.9 cm³/mol. The SMILES string of the molecule is COC(=O)C(C)c1ccc(C(F)(F)F)c(NCC(=O)OC(C)(C)C)c1C. The van der Waals surface area contributed by atoms with Gasteiger partial charge in [-0.3, -0.25) is 9.59 Å². The molecule has 146 valence electrons. The Morgan fingerprint density at radius 3 is 2.23 bits per heavy atom. The van der Waals surface area contributed by atoms with Gasteiger partial charge in [0.15, 0.2) is 0 Å². The summed E-state index contributed by atoms with van der Waals surface area (Å²) in [5, 5.41) is 2.52. The fourth-order valence-corrected chi connectivity index (χ4v) is 2.50. The molecule has 1 rings (SSSR count). The Bertz CT molecular complexity index is 678. The maximum absolute atomic E-state index is 13.3. The molecule has 0 aromatic heterocycles. The van der Waals surface area contributed by atoms with Crippen LogP contribution >= 0.6 is 0 Å². The summed E-state index contributed by atoms with van der Waals surface area (Å²) in [6, 6.07) is 2.14. The Labute approximate surface area is 150 Å². The summed E-state index contributed by atoms with van der Waals surface area (Å²) < 4.78 is 49.8. The average Bonchev–Trinajstić information content (AvgIpc) is 2.49. The predicted octanol–water partition coefficient (Wildman–Crippen LogP) is 4.04. The molecule has 0 saturated heterocycles. The van der Waals surface area contributed by atoms with E-state index < -0.39 is 41.7 Å².